The minimum atomic E-state index is -0.365. The van der Waals surface area contributed by atoms with Crippen molar-refractivity contribution in [2.24, 2.45) is 5.84 Å². The van der Waals surface area contributed by atoms with Gasteiger partial charge < -0.3 is 9.74 Å². The maximum absolute atomic E-state index is 11.0. The van der Waals surface area contributed by atoms with E-state index in [0.29, 0.717) is 13.0 Å². The Kier molecular flexibility index (Phi) is 5.33. The second-order valence-electron chi connectivity index (χ2n) is 3.44. The molecule has 1 aromatic heterocycles. The molecule has 3 N–H and O–H groups in total. The number of rotatable bonds is 6. The van der Waals surface area contributed by atoms with E-state index in [1.165, 1.54) is 4.88 Å². The van der Waals surface area contributed by atoms with Gasteiger partial charge >= 0.3 is 5.97 Å². The summed E-state index contributed by atoms with van der Waals surface area (Å²) in [7, 11) is 1.95. The van der Waals surface area contributed by atoms with Crippen molar-refractivity contribution >= 4 is 17.3 Å². The van der Waals surface area contributed by atoms with Gasteiger partial charge in [0.25, 0.3) is 0 Å². The number of hydrogen-bond acceptors (Lipinski definition) is 7. The molecule has 6 nitrogen and oxygen atoms in total. The average Bonchev–Trinajstić information content (AvgIpc) is 2.62. The van der Waals surface area contributed by atoms with E-state index in [0.717, 1.165) is 12.2 Å². The molecular formula is C9H16N4O2S. The minimum absolute atomic E-state index is 0.304. The molecule has 0 aromatic carbocycles. The molecule has 90 valence electrons. The van der Waals surface area contributed by atoms with Gasteiger partial charge in [-0.1, -0.05) is 5.59 Å². The molecule has 0 radical (unpaired) electrons. The maximum Gasteiger partial charge on any atom is 0.327 e. The highest BCUT2D eigenvalue weighted by Gasteiger charge is 2.08. The number of nitrogens with one attached hydrogen (secondary N) is 1. The largest absolute Gasteiger partial charge is 0.356 e. The predicted molar refractivity (Wildman–Crippen MR) is 61.2 cm³/mol. The fraction of sp³-hybridized carbons (Fsp3) is 0.556. The Labute approximate surface area is 98.3 Å². The van der Waals surface area contributed by atoms with E-state index in [-0.39, 0.29) is 5.97 Å². The Hall–Kier alpha value is -1.02. The van der Waals surface area contributed by atoms with Crippen LogP contribution in [0.15, 0.2) is 5.51 Å². The van der Waals surface area contributed by atoms with Crippen molar-refractivity contribution in [3.05, 3.63) is 16.1 Å². The van der Waals surface area contributed by atoms with E-state index >= 15 is 0 Å². The third kappa shape index (κ3) is 4.23. The monoisotopic (exact) mass is 244 g/mol. The van der Waals surface area contributed by atoms with Crippen molar-refractivity contribution in [3.8, 4) is 0 Å². The third-order valence-corrected chi connectivity index (χ3v) is 3.05. The molecule has 0 saturated carbocycles. The number of thiazole rings is 1. The summed E-state index contributed by atoms with van der Waals surface area (Å²) in [5.41, 5.74) is 4.74. The van der Waals surface area contributed by atoms with E-state index in [1.807, 2.05) is 30.0 Å². The summed E-state index contributed by atoms with van der Waals surface area (Å²) in [6.07, 6.45) is 0.304. The zero-order valence-corrected chi connectivity index (χ0v) is 10.2. The smallest absolute Gasteiger partial charge is 0.327 e. The molecule has 0 fully saturated rings. The first-order valence-corrected chi connectivity index (χ1v) is 5.74. The maximum atomic E-state index is 11.0. The minimum Gasteiger partial charge on any atom is -0.356 e. The van der Waals surface area contributed by atoms with Gasteiger partial charge in [-0.2, -0.15) is 0 Å². The Morgan fingerprint density at radius 1 is 1.75 bits per heavy atom. The second kappa shape index (κ2) is 6.54. The fourth-order valence-corrected chi connectivity index (χ4v) is 2.06. The van der Waals surface area contributed by atoms with E-state index in [1.54, 1.807) is 11.3 Å². The highest BCUT2D eigenvalue weighted by molar-refractivity contribution is 7.09. The Morgan fingerprint density at radius 3 is 3.06 bits per heavy atom. The quantitative estimate of drug-likeness (QED) is 0.549. The van der Waals surface area contributed by atoms with Gasteiger partial charge in [0.2, 0.25) is 0 Å². The molecule has 0 atom stereocenters. The first kappa shape index (κ1) is 13.0. The molecular weight excluding hydrogens is 228 g/mol. The molecule has 7 heteroatoms. The molecule has 0 amide bonds. The lowest BCUT2D eigenvalue weighted by Crippen LogP contribution is -2.29. The fourth-order valence-electron chi connectivity index (χ4n) is 1.20. The van der Waals surface area contributed by atoms with E-state index in [2.05, 4.69) is 9.82 Å². The van der Waals surface area contributed by atoms with Gasteiger partial charge in [-0.15, -0.1) is 11.3 Å². The average molecular weight is 244 g/mol. The Morgan fingerprint density at radius 2 is 2.50 bits per heavy atom. The lowest BCUT2D eigenvalue weighted by Gasteiger charge is -2.14. The normalized spacial score (nSPS) is 10.8. The number of hydrazine groups is 1. The van der Waals surface area contributed by atoms with Gasteiger partial charge in [-0.05, 0) is 14.0 Å². The second-order valence-corrected chi connectivity index (χ2v) is 4.38. The lowest BCUT2D eigenvalue weighted by atomic mass is 10.3. The van der Waals surface area contributed by atoms with Gasteiger partial charge in [0.15, 0.2) is 0 Å². The first-order valence-electron chi connectivity index (χ1n) is 4.86. The summed E-state index contributed by atoms with van der Waals surface area (Å²) in [5, 5.41) is 0. The molecule has 0 unspecified atom stereocenters. The van der Waals surface area contributed by atoms with Crippen LogP contribution < -0.4 is 11.4 Å². The standard InChI is InChI=1S/C9H16N4O2S/c1-7-8(16-6-11-7)5-13(2)4-3-9(14)15-12-10/h6,12H,3-5,10H2,1-2H3. The predicted octanol–water partition coefficient (Wildman–Crippen LogP) is 0.195. The molecule has 0 spiro atoms. The van der Waals surface area contributed by atoms with Crippen molar-refractivity contribution in [2.45, 2.75) is 19.9 Å². The van der Waals surface area contributed by atoms with Crippen LogP contribution in [-0.4, -0.2) is 29.4 Å². The zero-order valence-electron chi connectivity index (χ0n) is 9.40. The van der Waals surface area contributed by atoms with E-state index < -0.39 is 0 Å². The van der Waals surface area contributed by atoms with Crippen molar-refractivity contribution in [1.82, 2.24) is 15.5 Å². The van der Waals surface area contributed by atoms with Crippen molar-refractivity contribution < 1.29 is 9.63 Å². The lowest BCUT2D eigenvalue weighted by molar-refractivity contribution is -0.151. The molecule has 0 bridgehead atoms. The number of carbonyl (C=O) groups excluding carboxylic acids is 1. The van der Waals surface area contributed by atoms with E-state index in [9.17, 15) is 4.79 Å². The molecule has 0 aliphatic heterocycles. The van der Waals surface area contributed by atoms with Crippen molar-refractivity contribution in [3.63, 3.8) is 0 Å². The summed E-state index contributed by atoms with van der Waals surface area (Å²) < 4.78 is 0. The Bertz CT molecular complexity index is 342. The summed E-state index contributed by atoms with van der Waals surface area (Å²) >= 11 is 1.62. The summed E-state index contributed by atoms with van der Waals surface area (Å²) in [4.78, 5) is 22.8. The summed E-state index contributed by atoms with van der Waals surface area (Å²) in [5.74, 6) is 4.49. The van der Waals surface area contributed by atoms with Crippen LogP contribution in [0.5, 0.6) is 0 Å². The summed E-state index contributed by atoms with van der Waals surface area (Å²) in [6.45, 7) is 3.39. The van der Waals surface area contributed by atoms with Crippen LogP contribution in [0.25, 0.3) is 0 Å². The van der Waals surface area contributed by atoms with Crippen LogP contribution in [-0.2, 0) is 16.2 Å². The number of aryl methyl sites for hydroxylation is 1. The molecule has 0 aliphatic carbocycles. The molecule has 0 aliphatic rings. The number of nitrogens with two attached hydrogens (primary N) is 1. The number of nitrogens with zero attached hydrogens (tertiary/aromatic N) is 2. The summed E-state index contributed by atoms with van der Waals surface area (Å²) in [6, 6.07) is 0. The van der Waals surface area contributed by atoms with E-state index in [4.69, 9.17) is 5.84 Å². The van der Waals surface area contributed by atoms with Gasteiger partial charge in [0, 0.05) is 18.0 Å². The molecule has 16 heavy (non-hydrogen) atoms. The van der Waals surface area contributed by atoms with Gasteiger partial charge in [-0.25, -0.2) is 10.8 Å². The highest BCUT2D eigenvalue weighted by Crippen LogP contribution is 2.14. The van der Waals surface area contributed by atoms with Crippen LogP contribution in [0.3, 0.4) is 0 Å². The highest BCUT2D eigenvalue weighted by atomic mass is 32.1. The number of carbonyl (C=O) groups is 1. The number of hydrogen-bond donors (Lipinski definition) is 2. The molecule has 1 heterocycles. The molecule has 1 rings (SSSR count). The molecule has 1 aromatic rings. The van der Waals surface area contributed by atoms with Crippen molar-refractivity contribution in [2.75, 3.05) is 13.6 Å². The van der Waals surface area contributed by atoms with Gasteiger partial charge in [0.05, 0.1) is 17.6 Å². The van der Waals surface area contributed by atoms with Gasteiger partial charge in [-0.3, -0.25) is 4.79 Å². The third-order valence-electron chi connectivity index (χ3n) is 2.13. The topological polar surface area (TPSA) is 80.5 Å². The van der Waals surface area contributed by atoms with Crippen LogP contribution in [0.2, 0.25) is 0 Å². The SMILES string of the molecule is Cc1ncsc1CN(C)CCC(=O)ONN. The first-order chi connectivity index (χ1) is 7.63. The van der Waals surface area contributed by atoms with Crippen LogP contribution in [0, 0.1) is 6.92 Å². The van der Waals surface area contributed by atoms with Crippen LogP contribution in [0.1, 0.15) is 17.0 Å². The number of aromatic nitrogens is 1. The zero-order chi connectivity index (χ0) is 12.0. The van der Waals surface area contributed by atoms with Gasteiger partial charge in [0.1, 0.15) is 0 Å². The molecule has 0 saturated heterocycles. The van der Waals surface area contributed by atoms with Crippen molar-refractivity contribution in [1.29, 1.82) is 0 Å². The Balaban J connectivity index is 2.28. The van der Waals surface area contributed by atoms with Crippen LogP contribution in [0.4, 0.5) is 0 Å². The van der Waals surface area contributed by atoms with Crippen LogP contribution >= 0.6 is 11.3 Å².